The van der Waals surface area contributed by atoms with Crippen molar-refractivity contribution >= 4 is 28.8 Å². The molecule has 0 fully saturated rings. The molecule has 5 heteroatoms. The molecule has 0 aliphatic rings. The van der Waals surface area contributed by atoms with Crippen molar-refractivity contribution in [3.8, 4) is 5.75 Å². The standard InChI is InChI=1S/C20H22N2O2S/c1-5-8-16(9-6-2)25-14-15-11-12-18(24-20(23)22(3)4)19-17(15)10-7-13-21-19/h5-13H,1,14H2,2-4H3/b9-6-,16-8+. The fourth-order valence-electron chi connectivity index (χ4n) is 2.19. The van der Waals surface area contributed by atoms with Crippen LogP contribution in [0.4, 0.5) is 4.79 Å². The number of carbonyl (C=O) groups is 1. The van der Waals surface area contributed by atoms with E-state index in [1.165, 1.54) is 4.90 Å². The predicted octanol–water partition coefficient (Wildman–Crippen LogP) is 5.17. The molecule has 0 N–H and O–H groups in total. The summed E-state index contributed by atoms with van der Waals surface area (Å²) in [5.41, 5.74) is 1.83. The minimum Gasteiger partial charge on any atom is -0.408 e. The maximum absolute atomic E-state index is 11.8. The van der Waals surface area contributed by atoms with E-state index < -0.39 is 6.09 Å². The van der Waals surface area contributed by atoms with E-state index in [2.05, 4.69) is 17.6 Å². The zero-order valence-electron chi connectivity index (χ0n) is 14.7. The van der Waals surface area contributed by atoms with Crippen molar-refractivity contribution in [1.29, 1.82) is 0 Å². The summed E-state index contributed by atoms with van der Waals surface area (Å²) in [6.45, 7) is 5.75. The van der Waals surface area contributed by atoms with Gasteiger partial charge in [0.05, 0.1) is 0 Å². The second-order valence-electron chi connectivity index (χ2n) is 5.48. The van der Waals surface area contributed by atoms with Gasteiger partial charge in [0.2, 0.25) is 0 Å². The van der Waals surface area contributed by atoms with E-state index in [9.17, 15) is 4.79 Å². The van der Waals surface area contributed by atoms with E-state index in [0.29, 0.717) is 11.3 Å². The smallest absolute Gasteiger partial charge is 0.408 e. The van der Waals surface area contributed by atoms with Gasteiger partial charge in [-0.1, -0.05) is 36.9 Å². The molecule has 1 amide bonds. The molecule has 0 saturated carbocycles. The van der Waals surface area contributed by atoms with Crippen LogP contribution >= 0.6 is 11.8 Å². The van der Waals surface area contributed by atoms with E-state index in [-0.39, 0.29) is 0 Å². The fourth-order valence-corrected chi connectivity index (χ4v) is 3.19. The Bertz CT molecular complexity index is 826. The fraction of sp³-hybridized carbons (Fsp3) is 0.200. The van der Waals surface area contributed by atoms with Crippen LogP contribution in [0.3, 0.4) is 0 Å². The van der Waals surface area contributed by atoms with Gasteiger partial charge < -0.3 is 9.64 Å². The molecule has 0 radical (unpaired) electrons. The van der Waals surface area contributed by atoms with E-state index in [4.69, 9.17) is 4.74 Å². The summed E-state index contributed by atoms with van der Waals surface area (Å²) < 4.78 is 5.43. The maximum Gasteiger partial charge on any atom is 0.414 e. The third-order valence-corrected chi connectivity index (χ3v) is 4.45. The van der Waals surface area contributed by atoms with Crippen molar-refractivity contribution < 1.29 is 9.53 Å². The molecule has 130 valence electrons. The van der Waals surface area contributed by atoms with Crippen molar-refractivity contribution in [2.45, 2.75) is 12.7 Å². The first-order valence-electron chi connectivity index (χ1n) is 7.90. The Balaban J connectivity index is 2.32. The number of amides is 1. The Kier molecular flexibility index (Phi) is 6.83. The molecule has 0 spiro atoms. The third-order valence-electron chi connectivity index (χ3n) is 3.39. The van der Waals surface area contributed by atoms with Crippen molar-refractivity contribution in [2.24, 2.45) is 0 Å². The highest BCUT2D eigenvalue weighted by Gasteiger charge is 2.13. The van der Waals surface area contributed by atoms with Gasteiger partial charge in [0.1, 0.15) is 5.52 Å². The van der Waals surface area contributed by atoms with Gasteiger partial charge in [0.25, 0.3) is 0 Å². The number of pyridine rings is 1. The number of thioether (sulfide) groups is 1. The van der Waals surface area contributed by atoms with Crippen molar-refractivity contribution in [3.05, 3.63) is 71.8 Å². The molecule has 0 saturated heterocycles. The van der Waals surface area contributed by atoms with E-state index >= 15 is 0 Å². The van der Waals surface area contributed by atoms with Gasteiger partial charge >= 0.3 is 6.09 Å². The van der Waals surface area contributed by atoms with E-state index in [1.54, 1.807) is 44.2 Å². The number of hydrogen-bond donors (Lipinski definition) is 0. The minimum atomic E-state index is -0.418. The first kappa shape index (κ1) is 18.8. The Labute approximate surface area is 152 Å². The lowest BCUT2D eigenvalue weighted by Gasteiger charge is -2.13. The molecular formula is C20H22N2O2S. The number of benzene rings is 1. The van der Waals surface area contributed by atoms with Crippen LogP contribution in [0.5, 0.6) is 5.75 Å². The molecule has 1 aromatic carbocycles. The summed E-state index contributed by atoms with van der Waals surface area (Å²) in [6.07, 6.45) is 9.11. The monoisotopic (exact) mass is 354 g/mol. The summed E-state index contributed by atoms with van der Waals surface area (Å²) in [4.78, 5) is 18.8. The quantitative estimate of drug-likeness (QED) is 0.671. The summed E-state index contributed by atoms with van der Waals surface area (Å²) in [7, 11) is 3.30. The molecule has 0 unspecified atom stereocenters. The van der Waals surface area contributed by atoms with Gasteiger partial charge in [-0.2, -0.15) is 0 Å². The van der Waals surface area contributed by atoms with Crippen LogP contribution in [0, 0.1) is 0 Å². The SMILES string of the molecule is C=C/C=C(\C=C/C)SCc1ccc(OC(=O)N(C)C)c2ncccc12. The molecule has 0 atom stereocenters. The molecule has 2 rings (SSSR count). The van der Waals surface area contributed by atoms with Gasteiger partial charge in [-0.3, -0.25) is 4.98 Å². The Morgan fingerprint density at radius 2 is 2.16 bits per heavy atom. The predicted molar refractivity (Wildman–Crippen MR) is 106 cm³/mol. The summed E-state index contributed by atoms with van der Waals surface area (Å²) in [6, 6.07) is 7.67. The van der Waals surface area contributed by atoms with Gasteiger partial charge in [0, 0.05) is 36.3 Å². The number of allylic oxidation sites excluding steroid dienone is 4. The highest BCUT2D eigenvalue weighted by atomic mass is 32.2. The van der Waals surface area contributed by atoms with Crippen molar-refractivity contribution in [1.82, 2.24) is 9.88 Å². The molecule has 1 aromatic heterocycles. The first-order valence-corrected chi connectivity index (χ1v) is 8.89. The van der Waals surface area contributed by atoms with Crippen LogP contribution in [0.15, 0.2) is 66.3 Å². The summed E-state index contributed by atoms with van der Waals surface area (Å²) in [5, 5.41) is 0.984. The number of aromatic nitrogens is 1. The highest BCUT2D eigenvalue weighted by Crippen LogP contribution is 2.31. The van der Waals surface area contributed by atoms with Crippen LogP contribution in [-0.4, -0.2) is 30.1 Å². The lowest BCUT2D eigenvalue weighted by molar-refractivity contribution is 0.172. The van der Waals surface area contributed by atoms with E-state index in [0.717, 1.165) is 21.6 Å². The molecule has 2 aromatic rings. The molecule has 4 nitrogen and oxygen atoms in total. The first-order chi connectivity index (χ1) is 12.1. The molecule has 1 heterocycles. The van der Waals surface area contributed by atoms with Gasteiger partial charge in [-0.15, -0.1) is 11.8 Å². The maximum atomic E-state index is 11.8. The minimum absolute atomic E-state index is 0.418. The molecule has 0 aliphatic carbocycles. The number of nitrogens with zero attached hydrogens (tertiary/aromatic N) is 2. The van der Waals surface area contributed by atoms with Crippen LogP contribution in [-0.2, 0) is 5.75 Å². The Morgan fingerprint density at radius 3 is 2.84 bits per heavy atom. The zero-order valence-corrected chi connectivity index (χ0v) is 15.5. The third kappa shape index (κ3) is 4.97. The average molecular weight is 354 g/mol. The lowest BCUT2D eigenvalue weighted by atomic mass is 10.1. The van der Waals surface area contributed by atoms with E-state index in [1.807, 2.05) is 37.3 Å². The zero-order chi connectivity index (χ0) is 18.2. The lowest BCUT2D eigenvalue weighted by Crippen LogP contribution is -2.25. The largest absolute Gasteiger partial charge is 0.414 e. The average Bonchev–Trinajstić information content (AvgIpc) is 2.61. The van der Waals surface area contributed by atoms with Crippen LogP contribution in [0.2, 0.25) is 0 Å². The summed E-state index contributed by atoms with van der Waals surface area (Å²) >= 11 is 1.72. The number of ether oxygens (including phenoxy) is 1. The number of hydrogen-bond acceptors (Lipinski definition) is 4. The molecular weight excluding hydrogens is 332 g/mol. The Hall–Kier alpha value is -2.53. The Morgan fingerprint density at radius 1 is 1.36 bits per heavy atom. The number of rotatable bonds is 6. The second-order valence-corrected chi connectivity index (χ2v) is 6.53. The van der Waals surface area contributed by atoms with Crippen LogP contribution < -0.4 is 4.74 Å². The molecule has 0 bridgehead atoms. The van der Waals surface area contributed by atoms with Crippen molar-refractivity contribution in [3.63, 3.8) is 0 Å². The van der Waals surface area contributed by atoms with Gasteiger partial charge in [-0.05, 0) is 30.7 Å². The highest BCUT2D eigenvalue weighted by molar-refractivity contribution is 8.02. The molecule has 25 heavy (non-hydrogen) atoms. The number of carbonyl (C=O) groups excluding carboxylic acids is 1. The van der Waals surface area contributed by atoms with Crippen LogP contribution in [0.1, 0.15) is 12.5 Å². The van der Waals surface area contributed by atoms with Crippen molar-refractivity contribution in [2.75, 3.05) is 14.1 Å². The summed E-state index contributed by atoms with van der Waals surface area (Å²) in [5.74, 6) is 1.26. The number of fused-ring (bicyclic) bond motifs is 1. The normalized spacial score (nSPS) is 11.7. The molecule has 0 aliphatic heterocycles. The van der Waals surface area contributed by atoms with Crippen LogP contribution in [0.25, 0.3) is 10.9 Å². The second kappa shape index (κ2) is 9.08. The van der Waals surface area contributed by atoms with Gasteiger partial charge in [0.15, 0.2) is 5.75 Å². The van der Waals surface area contributed by atoms with Gasteiger partial charge in [-0.25, -0.2) is 4.79 Å². The topological polar surface area (TPSA) is 42.4 Å².